The third-order valence-electron chi connectivity index (χ3n) is 2.81. The minimum atomic E-state index is -3.80. The van der Waals surface area contributed by atoms with Crippen LogP contribution >= 0.6 is 0 Å². The van der Waals surface area contributed by atoms with Gasteiger partial charge < -0.3 is 15.8 Å². The zero-order valence-corrected chi connectivity index (χ0v) is 17.4. The van der Waals surface area contributed by atoms with Crippen LogP contribution in [-0.2, 0) is 42.7 Å². The maximum Gasteiger partial charge on any atom is 0.327 e. The van der Waals surface area contributed by atoms with Crippen LogP contribution < -0.4 is 10.0 Å². The van der Waals surface area contributed by atoms with Gasteiger partial charge in [-0.1, -0.05) is 37.3 Å². The van der Waals surface area contributed by atoms with Crippen molar-refractivity contribution >= 4 is 22.0 Å². The molecule has 131 valence electrons. The van der Waals surface area contributed by atoms with Crippen molar-refractivity contribution in [2.75, 3.05) is 7.05 Å². The molecular formula is C16H17N3O4SY-2. The molecule has 0 fully saturated rings. The molecule has 0 aliphatic rings. The summed E-state index contributed by atoms with van der Waals surface area (Å²) in [6, 6.07) is 14.9. The van der Waals surface area contributed by atoms with Crippen LogP contribution in [0.2, 0.25) is 0 Å². The second-order valence-electron chi connectivity index (χ2n) is 4.57. The van der Waals surface area contributed by atoms with E-state index < -0.39 is 22.0 Å². The summed E-state index contributed by atoms with van der Waals surface area (Å²) in [7, 11) is -2.45. The number of carbonyl (C=O) groups excluding carboxylic acids is 2. The number of nitrogens with one attached hydrogen (secondary N) is 3. The number of aryl methyl sites for hydroxylation is 1. The molecule has 9 heteroatoms. The van der Waals surface area contributed by atoms with E-state index in [0.717, 1.165) is 0 Å². The summed E-state index contributed by atoms with van der Waals surface area (Å²) in [5, 5.41) is 2.17. The molecule has 3 N–H and O–H groups in total. The van der Waals surface area contributed by atoms with E-state index >= 15 is 0 Å². The van der Waals surface area contributed by atoms with E-state index in [1.165, 1.54) is 13.1 Å². The summed E-state index contributed by atoms with van der Waals surface area (Å²) in [5.74, 6) is -0.629. The van der Waals surface area contributed by atoms with Crippen LogP contribution in [0.25, 0.3) is 5.73 Å². The van der Waals surface area contributed by atoms with E-state index in [0.29, 0.717) is 11.1 Å². The van der Waals surface area contributed by atoms with Crippen molar-refractivity contribution < 1.29 is 50.7 Å². The zero-order chi connectivity index (χ0) is 18.2. The summed E-state index contributed by atoms with van der Waals surface area (Å²) in [6.45, 7) is 1.65. The predicted molar refractivity (Wildman–Crippen MR) is 89.9 cm³/mol. The number of sulfonamides is 1. The first-order valence-corrected chi connectivity index (χ1v) is 8.28. The standard InChI is InChI=1S/C9H11N2O3S.C7H7NO.Y/c1-7-5-3-4-6-8(7)15(13,14)11-9(12)10-2;8-7(9)6-4-2-1-3-5-6;/h3,5-6H,1-2H3,(H2,10,11,12);1-5H,(H2,8,9);/q-1;;/p-1. The number of hydrogen-bond donors (Lipinski definition) is 2. The van der Waals surface area contributed by atoms with Gasteiger partial charge in [0.05, 0.1) is 5.91 Å². The van der Waals surface area contributed by atoms with Crippen molar-refractivity contribution in [1.29, 1.82) is 0 Å². The number of benzene rings is 2. The molecule has 2 aromatic rings. The van der Waals surface area contributed by atoms with Crippen molar-refractivity contribution in [1.82, 2.24) is 10.0 Å². The third kappa shape index (κ3) is 7.77. The van der Waals surface area contributed by atoms with E-state index in [1.807, 2.05) is 10.8 Å². The summed E-state index contributed by atoms with van der Waals surface area (Å²) >= 11 is 0. The van der Waals surface area contributed by atoms with Crippen LogP contribution in [0.5, 0.6) is 0 Å². The fraction of sp³-hybridized carbons (Fsp3) is 0.125. The molecule has 0 heterocycles. The minimum absolute atomic E-state index is 0. The summed E-state index contributed by atoms with van der Waals surface area (Å²) in [4.78, 5) is 21.3. The van der Waals surface area contributed by atoms with Crippen molar-refractivity contribution in [3.05, 3.63) is 71.5 Å². The Kier molecular flexibility index (Phi) is 10.2. The van der Waals surface area contributed by atoms with Crippen LogP contribution in [0.1, 0.15) is 15.9 Å². The maximum atomic E-state index is 11.6. The van der Waals surface area contributed by atoms with Gasteiger partial charge in [0.15, 0.2) is 0 Å². The normalized spacial score (nSPS) is 9.68. The van der Waals surface area contributed by atoms with Gasteiger partial charge in [0, 0.05) is 39.8 Å². The maximum absolute atomic E-state index is 11.6. The molecule has 0 bridgehead atoms. The third-order valence-corrected chi connectivity index (χ3v) is 4.29. The molecule has 3 amide bonds. The molecule has 0 aliphatic carbocycles. The predicted octanol–water partition coefficient (Wildman–Crippen LogP) is 2.29. The number of amides is 3. The Bertz CT molecular complexity index is 811. The second-order valence-corrected chi connectivity index (χ2v) is 6.22. The van der Waals surface area contributed by atoms with Crippen LogP contribution in [0, 0.1) is 13.0 Å². The SMILES string of the molecule is CNC(=O)NS(=O)(=O)c1c[c-]ccc1C.[NH-]C(=O)c1ccccc1.[Y]. The molecule has 25 heavy (non-hydrogen) atoms. The minimum Gasteiger partial charge on any atom is -0.664 e. The molecule has 2 rings (SSSR count). The van der Waals surface area contributed by atoms with E-state index in [-0.39, 0.29) is 37.6 Å². The Morgan fingerprint density at radius 3 is 2.16 bits per heavy atom. The van der Waals surface area contributed by atoms with E-state index in [2.05, 4.69) is 11.4 Å². The molecule has 2 aromatic carbocycles. The summed E-state index contributed by atoms with van der Waals surface area (Å²) in [6.07, 6.45) is 0. The molecule has 0 atom stereocenters. The largest absolute Gasteiger partial charge is 0.664 e. The van der Waals surface area contributed by atoms with E-state index in [9.17, 15) is 18.0 Å². The van der Waals surface area contributed by atoms with Gasteiger partial charge in [-0.2, -0.15) is 24.3 Å². The van der Waals surface area contributed by atoms with Crippen LogP contribution in [0.4, 0.5) is 4.79 Å². The Morgan fingerprint density at radius 2 is 1.72 bits per heavy atom. The average Bonchev–Trinajstić information content (AvgIpc) is 2.56. The Labute approximate surface area is 172 Å². The van der Waals surface area contributed by atoms with Crippen molar-refractivity contribution in [2.45, 2.75) is 11.8 Å². The number of rotatable bonds is 3. The quantitative estimate of drug-likeness (QED) is 0.719. The molecule has 0 aromatic heterocycles. The monoisotopic (exact) mass is 436 g/mol. The Balaban J connectivity index is 0.000000495. The molecule has 0 unspecified atom stereocenters. The van der Waals surface area contributed by atoms with Gasteiger partial charge in [0.25, 0.3) is 0 Å². The van der Waals surface area contributed by atoms with Gasteiger partial charge in [-0.25, -0.2) is 17.9 Å². The fourth-order valence-corrected chi connectivity index (χ4v) is 2.77. The Hall–Kier alpha value is -1.77. The van der Waals surface area contributed by atoms with Gasteiger partial charge in [-0.3, -0.25) is 0 Å². The Morgan fingerprint density at radius 1 is 1.12 bits per heavy atom. The molecule has 0 aliphatic heterocycles. The summed E-state index contributed by atoms with van der Waals surface area (Å²) < 4.78 is 25.1. The molecule has 7 nitrogen and oxygen atoms in total. The fourth-order valence-electron chi connectivity index (χ4n) is 1.60. The molecule has 0 spiro atoms. The first-order chi connectivity index (χ1) is 11.3. The van der Waals surface area contributed by atoms with Crippen molar-refractivity contribution in [2.24, 2.45) is 0 Å². The molecule has 1 radical (unpaired) electrons. The number of hydrogen-bond acceptors (Lipinski definition) is 4. The van der Waals surface area contributed by atoms with Gasteiger partial charge in [0.2, 0.25) is 10.0 Å². The van der Waals surface area contributed by atoms with Gasteiger partial charge >= 0.3 is 6.03 Å². The second kappa shape index (κ2) is 11.0. The first-order valence-electron chi connectivity index (χ1n) is 6.80. The summed E-state index contributed by atoms with van der Waals surface area (Å²) in [5.41, 5.74) is 7.68. The number of urea groups is 1. The smallest absolute Gasteiger partial charge is 0.327 e. The van der Waals surface area contributed by atoms with Crippen molar-refractivity contribution in [3.8, 4) is 0 Å². The average molecular weight is 436 g/mol. The molecular weight excluding hydrogens is 419 g/mol. The topological polar surface area (TPSA) is 116 Å². The van der Waals surface area contributed by atoms with Crippen LogP contribution in [-0.4, -0.2) is 27.4 Å². The van der Waals surface area contributed by atoms with Gasteiger partial charge in [-0.15, -0.1) is 5.56 Å². The van der Waals surface area contributed by atoms with E-state index in [1.54, 1.807) is 43.3 Å². The van der Waals surface area contributed by atoms with E-state index in [4.69, 9.17) is 5.73 Å². The van der Waals surface area contributed by atoms with Crippen molar-refractivity contribution in [3.63, 3.8) is 0 Å². The first kappa shape index (κ1) is 23.2. The molecule has 0 saturated carbocycles. The zero-order valence-electron chi connectivity index (χ0n) is 13.7. The van der Waals surface area contributed by atoms with Gasteiger partial charge in [-0.05, 0) is 10.5 Å². The van der Waals surface area contributed by atoms with Crippen LogP contribution in [0.3, 0.4) is 0 Å². The number of carbonyl (C=O) groups is 2. The molecule has 0 saturated heterocycles. The van der Waals surface area contributed by atoms with Gasteiger partial charge in [0.1, 0.15) is 0 Å². The van der Waals surface area contributed by atoms with Crippen LogP contribution in [0.15, 0.2) is 53.4 Å².